The number of methoxy groups -OCH3 is 2. The number of anilines is 1. The number of likely N-dealkylation sites (tertiary alicyclic amines) is 1. The maximum atomic E-state index is 12.5. The molecular weight excluding hydrogens is 342 g/mol. The number of nitrogens with one attached hydrogen (secondary N) is 2. The molecule has 1 aromatic carbocycles. The van der Waals surface area contributed by atoms with Crippen LogP contribution in [0.2, 0.25) is 0 Å². The molecule has 2 heterocycles. The highest BCUT2D eigenvalue weighted by Gasteiger charge is 2.25. The first-order valence-corrected chi connectivity index (χ1v) is 8.93. The molecule has 1 aromatic heterocycles. The summed E-state index contributed by atoms with van der Waals surface area (Å²) >= 11 is 1.01. The molecule has 1 aliphatic heterocycles. The number of ether oxygens (including phenoxy) is 2. The van der Waals surface area contributed by atoms with Gasteiger partial charge in [-0.3, -0.25) is 9.59 Å². The monoisotopic (exact) mass is 363 g/mol. The van der Waals surface area contributed by atoms with Crippen LogP contribution in [0.1, 0.15) is 23.3 Å². The van der Waals surface area contributed by atoms with E-state index in [9.17, 15) is 9.59 Å². The summed E-state index contributed by atoms with van der Waals surface area (Å²) in [6, 6.07) is 5.74. The Bertz CT molecular complexity index is 779. The number of H-pyrrole nitrogens is 1. The molecule has 25 heavy (non-hydrogen) atoms. The van der Waals surface area contributed by atoms with Gasteiger partial charge in [0.2, 0.25) is 0 Å². The fourth-order valence-electron chi connectivity index (χ4n) is 2.96. The highest BCUT2D eigenvalue weighted by Crippen LogP contribution is 2.27. The quantitative estimate of drug-likeness (QED) is 0.851. The highest BCUT2D eigenvalue weighted by atomic mass is 32.1. The van der Waals surface area contributed by atoms with Crippen LogP contribution in [-0.2, 0) is 0 Å². The molecule has 3 rings (SSSR count). The van der Waals surface area contributed by atoms with E-state index in [1.807, 2.05) is 18.2 Å². The lowest BCUT2D eigenvalue weighted by Gasteiger charge is -2.33. The van der Waals surface area contributed by atoms with Crippen molar-refractivity contribution in [3.63, 3.8) is 0 Å². The molecule has 0 radical (unpaired) electrons. The number of carbonyl (C=O) groups is 1. The number of thiazole rings is 1. The molecule has 1 atom stereocenters. The molecule has 0 bridgehead atoms. The third-order valence-electron chi connectivity index (χ3n) is 4.18. The zero-order valence-electron chi connectivity index (χ0n) is 14.2. The molecule has 7 nitrogen and oxygen atoms in total. The van der Waals surface area contributed by atoms with Gasteiger partial charge >= 0.3 is 4.87 Å². The van der Waals surface area contributed by atoms with Gasteiger partial charge in [-0.1, -0.05) is 11.3 Å². The zero-order valence-corrected chi connectivity index (χ0v) is 15.0. The van der Waals surface area contributed by atoms with Crippen LogP contribution < -0.4 is 19.7 Å². The number of carbonyl (C=O) groups excluding carboxylic acids is 1. The van der Waals surface area contributed by atoms with Crippen molar-refractivity contribution in [1.82, 2.24) is 9.88 Å². The fraction of sp³-hybridized carbons (Fsp3) is 0.412. The van der Waals surface area contributed by atoms with Crippen molar-refractivity contribution in [3.05, 3.63) is 38.9 Å². The summed E-state index contributed by atoms with van der Waals surface area (Å²) in [6.45, 7) is 1.27. The maximum Gasteiger partial charge on any atom is 0.305 e. The van der Waals surface area contributed by atoms with Gasteiger partial charge in [-0.2, -0.15) is 0 Å². The van der Waals surface area contributed by atoms with Crippen molar-refractivity contribution in [2.45, 2.75) is 18.9 Å². The summed E-state index contributed by atoms with van der Waals surface area (Å²) in [5.41, 5.74) is 1.25. The molecule has 1 aliphatic rings. The SMILES string of the molecule is COc1cc(NC2CCCN(C(=O)c3csc(=O)[nH]3)C2)cc(OC)c1. The summed E-state index contributed by atoms with van der Waals surface area (Å²) in [6.07, 6.45) is 1.86. The predicted octanol–water partition coefficient (Wildman–Crippen LogP) is 2.17. The molecule has 0 aliphatic carbocycles. The van der Waals surface area contributed by atoms with E-state index < -0.39 is 0 Å². The van der Waals surface area contributed by atoms with Crippen LogP contribution in [0.5, 0.6) is 11.5 Å². The van der Waals surface area contributed by atoms with Crippen molar-refractivity contribution < 1.29 is 14.3 Å². The lowest BCUT2D eigenvalue weighted by atomic mass is 10.0. The molecular formula is C17H21N3O4S. The summed E-state index contributed by atoms with van der Waals surface area (Å²) in [5, 5.41) is 5.03. The fourth-order valence-corrected chi connectivity index (χ4v) is 3.51. The number of hydrogen-bond acceptors (Lipinski definition) is 6. The minimum atomic E-state index is -0.210. The molecule has 1 amide bonds. The average molecular weight is 363 g/mol. The zero-order chi connectivity index (χ0) is 17.8. The minimum Gasteiger partial charge on any atom is -0.497 e. The van der Waals surface area contributed by atoms with E-state index in [1.54, 1.807) is 24.5 Å². The summed E-state index contributed by atoms with van der Waals surface area (Å²) in [7, 11) is 3.22. The predicted molar refractivity (Wildman–Crippen MR) is 97.0 cm³/mol. The Morgan fingerprint density at radius 1 is 1.28 bits per heavy atom. The van der Waals surface area contributed by atoms with E-state index in [-0.39, 0.29) is 16.8 Å². The summed E-state index contributed by atoms with van der Waals surface area (Å²) in [5.74, 6) is 1.29. The Balaban J connectivity index is 1.69. The van der Waals surface area contributed by atoms with Gasteiger partial charge in [-0.15, -0.1) is 0 Å². The molecule has 8 heteroatoms. The second-order valence-corrected chi connectivity index (χ2v) is 6.74. The Morgan fingerprint density at radius 3 is 2.60 bits per heavy atom. The average Bonchev–Trinajstić information content (AvgIpc) is 3.07. The van der Waals surface area contributed by atoms with Gasteiger partial charge in [-0.25, -0.2) is 0 Å². The number of piperidine rings is 1. The molecule has 134 valence electrons. The Labute approximate surface area is 149 Å². The number of rotatable bonds is 5. The molecule has 0 saturated carbocycles. The topological polar surface area (TPSA) is 83.7 Å². The van der Waals surface area contributed by atoms with E-state index in [0.29, 0.717) is 30.3 Å². The maximum absolute atomic E-state index is 12.5. The van der Waals surface area contributed by atoms with E-state index in [1.165, 1.54) is 0 Å². The second-order valence-electron chi connectivity index (χ2n) is 5.90. The number of aromatic nitrogens is 1. The first kappa shape index (κ1) is 17.3. The number of aromatic amines is 1. The number of benzene rings is 1. The van der Waals surface area contributed by atoms with Crippen LogP contribution >= 0.6 is 11.3 Å². The van der Waals surface area contributed by atoms with Gasteiger partial charge in [-0.05, 0) is 12.8 Å². The summed E-state index contributed by atoms with van der Waals surface area (Å²) in [4.78, 5) is 27.9. The lowest BCUT2D eigenvalue weighted by molar-refractivity contribution is 0.0709. The van der Waals surface area contributed by atoms with Crippen molar-refractivity contribution in [3.8, 4) is 11.5 Å². The molecule has 1 unspecified atom stereocenters. The molecule has 1 fully saturated rings. The Kier molecular flexibility index (Phi) is 5.28. The first-order valence-electron chi connectivity index (χ1n) is 8.05. The summed E-state index contributed by atoms with van der Waals surface area (Å²) < 4.78 is 10.6. The van der Waals surface area contributed by atoms with Crippen molar-refractivity contribution >= 4 is 22.9 Å². The minimum absolute atomic E-state index is 0.125. The van der Waals surface area contributed by atoms with Gasteiger partial charge < -0.3 is 24.7 Å². The van der Waals surface area contributed by atoms with E-state index in [0.717, 1.165) is 29.9 Å². The first-order chi connectivity index (χ1) is 12.1. The van der Waals surface area contributed by atoms with Crippen molar-refractivity contribution in [1.29, 1.82) is 0 Å². The van der Waals surface area contributed by atoms with Gasteiger partial charge in [0.25, 0.3) is 5.91 Å². The third-order valence-corrected chi connectivity index (χ3v) is 4.85. The van der Waals surface area contributed by atoms with Gasteiger partial charge in [0.15, 0.2) is 0 Å². The molecule has 2 N–H and O–H groups in total. The van der Waals surface area contributed by atoms with Crippen molar-refractivity contribution in [2.75, 3.05) is 32.6 Å². The van der Waals surface area contributed by atoms with Gasteiger partial charge in [0, 0.05) is 48.4 Å². The lowest BCUT2D eigenvalue weighted by Crippen LogP contribution is -2.45. The smallest absolute Gasteiger partial charge is 0.305 e. The van der Waals surface area contributed by atoms with E-state index in [2.05, 4.69) is 10.3 Å². The second kappa shape index (κ2) is 7.60. The number of amides is 1. The molecule has 2 aromatic rings. The number of nitrogens with zero attached hydrogens (tertiary/aromatic N) is 1. The molecule has 0 spiro atoms. The Morgan fingerprint density at radius 2 is 2.00 bits per heavy atom. The Hall–Kier alpha value is -2.48. The normalized spacial score (nSPS) is 17.2. The number of hydrogen-bond donors (Lipinski definition) is 2. The van der Waals surface area contributed by atoms with Gasteiger partial charge in [0.05, 0.1) is 14.2 Å². The van der Waals surface area contributed by atoms with Crippen LogP contribution in [-0.4, -0.2) is 49.1 Å². The van der Waals surface area contributed by atoms with E-state index in [4.69, 9.17) is 9.47 Å². The van der Waals surface area contributed by atoms with E-state index >= 15 is 0 Å². The van der Waals surface area contributed by atoms with Crippen LogP contribution in [0.25, 0.3) is 0 Å². The van der Waals surface area contributed by atoms with Crippen LogP contribution in [0.3, 0.4) is 0 Å². The van der Waals surface area contributed by atoms with Gasteiger partial charge in [0.1, 0.15) is 17.2 Å². The molecule has 1 saturated heterocycles. The van der Waals surface area contributed by atoms with Crippen LogP contribution in [0.15, 0.2) is 28.4 Å². The van der Waals surface area contributed by atoms with Crippen molar-refractivity contribution in [2.24, 2.45) is 0 Å². The largest absolute Gasteiger partial charge is 0.497 e. The third kappa shape index (κ3) is 4.14. The van der Waals surface area contributed by atoms with Crippen LogP contribution in [0.4, 0.5) is 5.69 Å². The highest BCUT2D eigenvalue weighted by molar-refractivity contribution is 7.07. The van der Waals surface area contributed by atoms with Crippen LogP contribution in [0, 0.1) is 0 Å². The standard InChI is InChI=1S/C17H21N3O4S/c1-23-13-6-12(7-14(8-13)24-2)18-11-4-3-5-20(9-11)16(21)15-10-25-17(22)19-15/h6-8,10-11,18H,3-5,9H2,1-2H3,(H,19,22).